The van der Waals surface area contributed by atoms with Crippen LogP contribution in [0.15, 0.2) is 47.3 Å². The van der Waals surface area contributed by atoms with Crippen molar-refractivity contribution in [1.29, 1.82) is 0 Å². The number of hydrogen-bond donors (Lipinski definition) is 1. The Morgan fingerprint density at radius 1 is 0.952 bits per heavy atom. The highest BCUT2D eigenvalue weighted by Gasteiger charge is 2.25. The zero-order chi connectivity index (χ0) is 29.6. The molecular formula is C35H45N3O4. The van der Waals surface area contributed by atoms with Crippen LogP contribution in [-0.4, -0.2) is 67.8 Å². The minimum Gasteiger partial charge on any atom is -0.381 e. The molecule has 0 saturated carbocycles. The fraction of sp³-hybridized carbons (Fsp3) is 0.486. The lowest BCUT2D eigenvalue weighted by molar-refractivity contribution is 0.0342. The number of H-pyrrole nitrogens is 1. The molecule has 2 aliphatic heterocycles. The molecule has 0 bridgehead atoms. The second-order valence-corrected chi connectivity index (χ2v) is 11.7. The molecule has 0 amide bonds. The first-order valence-electron chi connectivity index (χ1n) is 15.4. The first-order chi connectivity index (χ1) is 20.3. The van der Waals surface area contributed by atoms with E-state index >= 15 is 0 Å². The van der Waals surface area contributed by atoms with Gasteiger partial charge in [0, 0.05) is 86.1 Å². The van der Waals surface area contributed by atoms with Crippen LogP contribution in [0.4, 0.5) is 5.69 Å². The van der Waals surface area contributed by atoms with E-state index in [4.69, 9.17) is 9.47 Å². The Labute approximate surface area is 249 Å². The number of nitrogens with one attached hydrogen (secondary N) is 1. The van der Waals surface area contributed by atoms with E-state index in [1.807, 2.05) is 13.8 Å². The van der Waals surface area contributed by atoms with E-state index in [1.54, 1.807) is 6.07 Å². The van der Waals surface area contributed by atoms with Gasteiger partial charge in [-0.25, -0.2) is 0 Å². The molecule has 7 heteroatoms. The van der Waals surface area contributed by atoms with Crippen molar-refractivity contribution in [3.8, 4) is 11.1 Å². The second-order valence-electron chi connectivity index (χ2n) is 11.7. The van der Waals surface area contributed by atoms with Crippen LogP contribution in [0.5, 0.6) is 0 Å². The van der Waals surface area contributed by atoms with Crippen molar-refractivity contribution in [3.05, 3.63) is 86.3 Å². The number of aryl methyl sites for hydroxylation is 2. The van der Waals surface area contributed by atoms with Crippen LogP contribution in [0.25, 0.3) is 11.1 Å². The van der Waals surface area contributed by atoms with E-state index < -0.39 is 0 Å². The highest BCUT2D eigenvalue weighted by atomic mass is 16.5. The minimum atomic E-state index is -0.00319. The molecule has 3 aromatic rings. The Kier molecular flexibility index (Phi) is 9.93. The smallest absolute Gasteiger partial charge is 0.185 e. The molecule has 0 radical (unpaired) electrons. The summed E-state index contributed by atoms with van der Waals surface area (Å²) in [6.07, 6.45) is 2.67. The van der Waals surface area contributed by atoms with Gasteiger partial charge in [0.15, 0.2) is 11.2 Å². The average Bonchev–Trinajstić information content (AvgIpc) is 2.99. The normalized spacial score (nSPS) is 16.5. The summed E-state index contributed by atoms with van der Waals surface area (Å²) in [5.41, 5.74) is 8.66. The zero-order valence-corrected chi connectivity index (χ0v) is 25.6. The number of anilines is 1. The van der Waals surface area contributed by atoms with Gasteiger partial charge < -0.3 is 19.4 Å². The van der Waals surface area contributed by atoms with E-state index in [0.29, 0.717) is 24.4 Å². The number of aromatic amines is 1. The number of hydrogen-bond acceptors (Lipinski definition) is 6. The van der Waals surface area contributed by atoms with Gasteiger partial charge in [0.05, 0.1) is 13.2 Å². The summed E-state index contributed by atoms with van der Waals surface area (Å²) >= 11 is 0. The van der Waals surface area contributed by atoms with E-state index in [1.165, 1.54) is 5.56 Å². The molecule has 42 heavy (non-hydrogen) atoms. The zero-order valence-electron chi connectivity index (χ0n) is 25.6. The van der Waals surface area contributed by atoms with Gasteiger partial charge in [0.1, 0.15) is 0 Å². The minimum absolute atomic E-state index is 0.00319. The van der Waals surface area contributed by atoms with Crippen molar-refractivity contribution in [2.45, 2.75) is 66.0 Å². The van der Waals surface area contributed by atoms with Crippen LogP contribution in [-0.2, 0) is 22.4 Å². The molecule has 1 aromatic heterocycles. The monoisotopic (exact) mass is 571 g/mol. The molecule has 7 nitrogen and oxygen atoms in total. The number of pyridine rings is 1. The molecule has 5 rings (SSSR count). The third kappa shape index (κ3) is 7.02. The molecule has 0 spiro atoms. The van der Waals surface area contributed by atoms with Gasteiger partial charge in [-0.1, -0.05) is 24.3 Å². The first kappa shape index (κ1) is 30.2. The summed E-state index contributed by atoms with van der Waals surface area (Å²) in [6, 6.07) is 15.1. The number of rotatable bonds is 10. The van der Waals surface area contributed by atoms with Gasteiger partial charge >= 0.3 is 0 Å². The third-order valence-electron chi connectivity index (χ3n) is 8.84. The van der Waals surface area contributed by atoms with Crippen LogP contribution in [0.3, 0.4) is 0 Å². The third-order valence-corrected chi connectivity index (χ3v) is 8.84. The molecule has 2 aliphatic rings. The highest BCUT2D eigenvalue weighted by Crippen LogP contribution is 2.34. The molecule has 2 aromatic carbocycles. The van der Waals surface area contributed by atoms with Gasteiger partial charge in [-0.2, -0.15) is 0 Å². The molecule has 2 fully saturated rings. The standard InChI is InChI=1S/C35H45N3O4/c1-5-38(30-12-16-41-17-13-30)33-22-29(28-8-6-27(7-9-28)23-37-14-18-42-19-15-37)21-32(25(33)3)34(39)11-10-31-26(4)36-24(2)20-35(31)40/h6-9,20-22,30H,5,10-19,23H2,1-4H3,(H,36,40). The highest BCUT2D eigenvalue weighted by molar-refractivity contribution is 6.00. The summed E-state index contributed by atoms with van der Waals surface area (Å²) in [5, 5.41) is 0. The van der Waals surface area contributed by atoms with Crippen LogP contribution in [0.2, 0.25) is 0 Å². The van der Waals surface area contributed by atoms with Crippen LogP contribution in [0, 0.1) is 20.8 Å². The topological polar surface area (TPSA) is 74.9 Å². The SMILES string of the molecule is CCN(c1cc(-c2ccc(CN3CCOCC3)cc2)cc(C(=O)CCc2c(C)[nH]c(C)cc2=O)c1C)C1CCOCC1. The second kappa shape index (κ2) is 13.8. The van der Waals surface area contributed by atoms with Crippen molar-refractivity contribution >= 4 is 11.5 Å². The maximum Gasteiger partial charge on any atom is 0.185 e. The molecule has 1 N–H and O–H groups in total. The lowest BCUT2D eigenvalue weighted by atomic mass is 9.91. The Bertz CT molecular complexity index is 1430. The average molecular weight is 572 g/mol. The molecule has 0 atom stereocenters. The Balaban J connectivity index is 1.46. The van der Waals surface area contributed by atoms with E-state index in [0.717, 1.165) is 105 Å². The first-order valence-corrected chi connectivity index (χ1v) is 15.4. The van der Waals surface area contributed by atoms with Crippen molar-refractivity contribution in [3.63, 3.8) is 0 Å². The summed E-state index contributed by atoms with van der Waals surface area (Å²) in [6.45, 7) is 14.9. The number of morpholine rings is 1. The Morgan fingerprint density at radius 2 is 1.64 bits per heavy atom. The van der Waals surface area contributed by atoms with Gasteiger partial charge in [-0.15, -0.1) is 0 Å². The number of carbonyl (C=O) groups excluding carboxylic acids is 1. The van der Waals surface area contributed by atoms with E-state index in [-0.39, 0.29) is 11.2 Å². The number of benzene rings is 2. The molecule has 0 unspecified atom stereocenters. The number of nitrogens with zero attached hydrogens (tertiary/aromatic N) is 2. The Hall–Kier alpha value is -3.26. The van der Waals surface area contributed by atoms with Gasteiger partial charge in [0.25, 0.3) is 0 Å². The van der Waals surface area contributed by atoms with Crippen molar-refractivity contribution in [1.82, 2.24) is 9.88 Å². The molecular weight excluding hydrogens is 526 g/mol. The number of Topliss-reactive ketones (excluding diaryl/α,β-unsaturated/α-hetero) is 1. The summed E-state index contributed by atoms with van der Waals surface area (Å²) in [5.74, 6) is 0.0712. The van der Waals surface area contributed by atoms with Crippen LogP contribution >= 0.6 is 0 Å². The van der Waals surface area contributed by atoms with Gasteiger partial charge in [-0.05, 0) is 81.3 Å². The van der Waals surface area contributed by atoms with E-state index in [9.17, 15) is 9.59 Å². The maximum atomic E-state index is 13.9. The maximum absolute atomic E-state index is 13.9. The van der Waals surface area contributed by atoms with Crippen LogP contribution in [0.1, 0.15) is 64.6 Å². The van der Waals surface area contributed by atoms with Crippen molar-refractivity contribution in [2.75, 3.05) is 51.0 Å². The fourth-order valence-corrected chi connectivity index (χ4v) is 6.46. The summed E-state index contributed by atoms with van der Waals surface area (Å²) < 4.78 is 11.2. The molecule has 0 aliphatic carbocycles. The largest absolute Gasteiger partial charge is 0.381 e. The van der Waals surface area contributed by atoms with Gasteiger partial charge in [0.2, 0.25) is 0 Å². The molecule has 2 saturated heterocycles. The van der Waals surface area contributed by atoms with Crippen molar-refractivity contribution in [2.24, 2.45) is 0 Å². The van der Waals surface area contributed by atoms with Gasteiger partial charge in [-0.3, -0.25) is 14.5 Å². The predicted octanol–water partition coefficient (Wildman–Crippen LogP) is 5.62. The number of carbonyl (C=O) groups is 1. The lowest BCUT2D eigenvalue weighted by Crippen LogP contribution is -2.40. The van der Waals surface area contributed by atoms with E-state index in [2.05, 4.69) is 65.0 Å². The Morgan fingerprint density at radius 3 is 2.31 bits per heavy atom. The quantitative estimate of drug-likeness (QED) is 0.319. The fourth-order valence-electron chi connectivity index (χ4n) is 6.46. The van der Waals surface area contributed by atoms with Crippen LogP contribution < -0.4 is 10.3 Å². The molecule has 224 valence electrons. The van der Waals surface area contributed by atoms with Crippen molar-refractivity contribution < 1.29 is 14.3 Å². The lowest BCUT2D eigenvalue weighted by Gasteiger charge is -2.37. The predicted molar refractivity (Wildman–Crippen MR) is 169 cm³/mol. The number of ether oxygens (including phenoxy) is 2. The summed E-state index contributed by atoms with van der Waals surface area (Å²) in [4.78, 5) is 34.7. The number of ketones is 1. The molecule has 3 heterocycles. The number of aromatic nitrogens is 1. The summed E-state index contributed by atoms with van der Waals surface area (Å²) in [7, 11) is 0.